The Bertz CT molecular complexity index is 202. The zero-order valence-electron chi connectivity index (χ0n) is 10.7. The topological polar surface area (TPSA) is 15.3 Å². The van der Waals surface area contributed by atoms with Gasteiger partial charge in [-0.25, -0.2) is 0 Å². The van der Waals surface area contributed by atoms with Crippen molar-refractivity contribution in [3.8, 4) is 0 Å². The number of nitrogens with zero attached hydrogens (tertiary/aromatic N) is 1. The van der Waals surface area contributed by atoms with E-state index in [9.17, 15) is 0 Å². The molecule has 0 aromatic heterocycles. The Hall–Kier alpha value is 0.270. The minimum absolute atomic E-state index is 0.718. The molecule has 2 rings (SSSR count). The molecule has 0 spiro atoms. The minimum atomic E-state index is 0.718. The van der Waals surface area contributed by atoms with Gasteiger partial charge in [-0.2, -0.15) is 11.8 Å². The van der Waals surface area contributed by atoms with Crippen molar-refractivity contribution in [2.75, 3.05) is 25.4 Å². The van der Waals surface area contributed by atoms with Crippen LogP contribution in [0.5, 0.6) is 0 Å². The normalized spacial score (nSPS) is 32.4. The standard InChI is InChI=1S/C13H26N2S/c1-11(2)15-7-6-12(10-15)14-9-13-5-3-4-8-16-13/h11-14H,3-10H2,1-2H3. The van der Waals surface area contributed by atoms with Crippen molar-refractivity contribution in [3.05, 3.63) is 0 Å². The highest BCUT2D eigenvalue weighted by Gasteiger charge is 2.24. The highest BCUT2D eigenvalue weighted by molar-refractivity contribution is 7.99. The van der Waals surface area contributed by atoms with Gasteiger partial charge in [0.1, 0.15) is 0 Å². The third-order valence-electron chi connectivity index (χ3n) is 3.86. The fraction of sp³-hybridized carbons (Fsp3) is 1.00. The Morgan fingerprint density at radius 1 is 1.31 bits per heavy atom. The van der Waals surface area contributed by atoms with Gasteiger partial charge in [-0.05, 0) is 45.4 Å². The zero-order valence-corrected chi connectivity index (χ0v) is 11.6. The molecule has 0 radical (unpaired) electrons. The molecule has 2 aliphatic heterocycles. The van der Waals surface area contributed by atoms with Crippen LogP contribution in [0.2, 0.25) is 0 Å². The van der Waals surface area contributed by atoms with Gasteiger partial charge in [-0.15, -0.1) is 0 Å². The molecular formula is C13H26N2S. The summed E-state index contributed by atoms with van der Waals surface area (Å²) in [4.78, 5) is 2.59. The first-order valence-corrected chi connectivity index (χ1v) is 7.89. The Balaban J connectivity index is 1.63. The maximum Gasteiger partial charge on any atom is 0.0207 e. The molecule has 2 heterocycles. The van der Waals surface area contributed by atoms with Gasteiger partial charge >= 0.3 is 0 Å². The number of thioether (sulfide) groups is 1. The average molecular weight is 242 g/mol. The highest BCUT2D eigenvalue weighted by atomic mass is 32.2. The van der Waals surface area contributed by atoms with Gasteiger partial charge < -0.3 is 5.32 Å². The van der Waals surface area contributed by atoms with Crippen molar-refractivity contribution in [2.45, 2.75) is 56.9 Å². The van der Waals surface area contributed by atoms with Crippen LogP contribution in [0.1, 0.15) is 39.5 Å². The van der Waals surface area contributed by atoms with E-state index in [-0.39, 0.29) is 0 Å². The summed E-state index contributed by atoms with van der Waals surface area (Å²) in [6, 6.07) is 1.47. The fourth-order valence-corrected chi connectivity index (χ4v) is 3.94. The van der Waals surface area contributed by atoms with E-state index >= 15 is 0 Å². The molecule has 2 atom stereocenters. The number of rotatable bonds is 4. The zero-order chi connectivity index (χ0) is 11.4. The van der Waals surface area contributed by atoms with Crippen molar-refractivity contribution in [3.63, 3.8) is 0 Å². The summed E-state index contributed by atoms with van der Waals surface area (Å²) < 4.78 is 0. The summed E-state index contributed by atoms with van der Waals surface area (Å²) in [7, 11) is 0. The molecule has 0 amide bonds. The number of hydrogen-bond acceptors (Lipinski definition) is 3. The third-order valence-corrected chi connectivity index (χ3v) is 5.26. The van der Waals surface area contributed by atoms with Gasteiger partial charge in [0.25, 0.3) is 0 Å². The lowest BCUT2D eigenvalue weighted by Crippen LogP contribution is -2.38. The van der Waals surface area contributed by atoms with Crippen LogP contribution in [0.15, 0.2) is 0 Å². The molecule has 94 valence electrons. The van der Waals surface area contributed by atoms with E-state index in [2.05, 4.69) is 35.8 Å². The summed E-state index contributed by atoms with van der Waals surface area (Å²) in [5.41, 5.74) is 0. The van der Waals surface area contributed by atoms with Crippen molar-refractivity contribution >= 4 is 11.8 Å². The van der Waals surface area contributed by atoms with Crippen molar-refractivity contribution in [2.24, 2.45) is 0 Å². The van der Waals surface area contributed by atoms with Crippen LogP contribution in [-0.2, 0) is 0 Å². The Morgan fingerprint density at radius 2 is 2.19 bits per heavy atom. The largest absolute Gasteiger partial charge is 0.312 e. The van der Waals surface area contributed by atoms with Gasteiger partial charge in [0.15, 0.2) is 0 Å². The van der Waals surface area contributed by atoms with Crippen LogP contribution in [0.4, 0.5) is 0 Å². The molecule has 0 aromatic rings. The Labute approximate surface area is 105 Å². The molecule has 3 heteroatoms. The second-order valence-corrected chi connectivity index (χ2v) is 6.88. The van der Waals surface area contributed by atoms with Gasteiger partial charge in [0.05, 0.1) is 0 Å². The van der Waals surface area contributed by atoms with Crippen LogP contribution in [0, 0.1) is 0 Å². The maximum absolute atomic E-state index is 3.77. The lowest BCUT2D eigenvalue weighted by atomic mass is 10.2. The molecule has 0 aromatic carbocycles. The van der Waals surface area contributed by atoms with E-state index in [1.165, 1.54) is 51.1 Å². The molecule has 0 saturated carbocycles. The quantitative estimate of drug-likeness (QED) is 0.814. The fourth-order valence-electron chi connectivity index (χ4n) is 2.69. The number of hydrogen-bond donors (Lipinski definition) is 1. The molecule has 0 aliphatic carbocycles. The Morgan fingerprint density at radius 3 is 2.81 bits per heavy atom. The Kier molecular flexibility index (Phi) is 4.98. The second-order valence-electron chi connectivity index (χ2n) is 5.47. The first kappa shape index (κ1) is 12.7. The molecule has 16 heavy (non-hydrogen) atoms. The van der Waals surface area contributed by atoms with E-state index in [4.69, 9.17) is 0 Å². The van der Waals surface area contributed by atoms with Gasteiger partial charge in [-0.1, -0.05) is 6.42 Å². The highest BCUT2D eigenvalue weighted by Crippen LogP contribution is 2.24. The van der Waals surface area contributed by atoms with Gasteiger partial charge in [0.2, 0.25) is 0 Å². The summed E-state index contributed by atoms with van der Waals surface area (Å²) in [6.45, 7) is 8.39. The maximum atomic E-state index is 3.77. The molecule has 2 nitrogen and oxygen atoms in total. The van der Waals surface area contributed by atoms with Crippen molar-refractivity contribution in [1.29, 1.82) is 0 Å². The summed E-state index contributed by atoms with van der Waals surface area (Å²) in [6.07, 6.45) is 5.65. The van der Waals surface area contributed by atoms with E-state index < -0.39 is 0 Å². The van der Waals surface area contributed by atoms with Crippen LogP contribution >= 0.6 is 11.8 Å². The lowest BCUT2D eigenvalue weighted by Gasteiger charge is -2.24. The van der Waals surface area contributed by atoms with E-state index in [1.807, 2.05) is 0 Å². The first-order valence-electron chi connectivity index (χ1n) is 6.84. The number of nitrogens with one attached hydrogen (secondary N) is 1. The molecule has 0 bridgehead atoms. The monoisotopic (exact) mass is 242 g/mol. The predicted octanol–water partition coefficient (Wildman–Crippen LogP) is 2.34. The van der Waals surface area contributed by atoms with Crippen LogP contribution in [0.25, 0.3) is 0 Å². The third kappa shape index (κ3) is 3.64. The van der Waals surface area contributed by atoms with E-state index in [0.29, 0.717) is 0 Å². The molecule has 2 unspecified atom stereocenters. The summed E-state index contributed by atoms with van der Waals surface area (Å²) in [5.74, 6) is 1.38. The van der Waals surface area contributed by atoms with Gasteiger partial charge in [-0.3, -0.25) is 4.90 Å². The van der Waals surface area contributed by atoms with Crippen LogP contribution < -0.4 is 5.32 Å². The average Bonchev–Trinajstić information content (AvgIpc) is 2.76. The summed E-state index contributed by atoms with van der Waals surface area (Å²) >= 11 is 2.18. The first-order chi connectivity index (χ1) is 7.75. The van der Waals surface area contributed by atoms with Crippen molar-refractivity contribution < 1.29 is 0 Å². The molecule has 2 fully saturated rings. The molecule has 1 N–H and O–H groups in total. The van der Waals surface area contributed by atoms with Crippen LogP contribution in [-0.4, -0.2) is 47.6 Å². The minimum Gasteiger partial charge on any atom is -0.312 e. The van der Waals surface area contributed by atoms with Gasteiger partial charge in [0, 0.05) is 30.4 Å². The SMILES string of the molecule is CC(C)N1CCC(NCC2CCCCS2)C1. The lowest BCUT2D eigenvalue weighted by molar-refractivity contribution is 0.268. The van der Waals surface area contributed by atoms with Crippen molar-refractivity contribution in [1.82, 2.24) is 10.2 Å². The van der Waals surface area contributed by atoms with Crippen LogP contribution in [0.3, 0.4) is 0 Å². The number of likely N-dealkylation sites (tertiary alicyclic amines) is 1. The predicted molar refractivity (Wildman–Crippen MR) is 73.2 cm³/mol. The smallest absolute Gasteiger partial charge is 0.0207 e. The molecule has 2 saturated heterocycles. The molecule has 2 aliphatic rings. The van der Waals surface area contributed by atoms with E-state index in [1.54, 1.807) is 0 Å². The second kappa shape index (κ2) is 6.27. The summed E-state index contributed by atoms with van der Waals surface area (Å²) in [5, 5.41) is 4.66. The van der Waals surface area contributed by atoms with E-state index in [0.717, 1.165) is 17.3 Å². The molecular weight excluding hydrogens is 216 g/mol.